The van der Waals surface area contributed by atoms with Crippen molar-refractivity contribution >= 4 is 117 Å². The molecule has 0 aliphatic carbocycles. The number of benzene rings is 3. The number of allylic oxidation sites excluding steroid dienone is 2. The number of aromatic nitrogens is 1. The number of phenols is 1. The highest BCUT2D eigenvalue weighted by molar-refractivity contribution is 6.41. The molecular weight excluding hydrogens is 1630 g/mol. The number of carbonyl (C=O) groups is 18. The highest BCUT2D eigenvalue weighted by atomic mass is 19.2. The monoisotopic (exact) mass is 1750 g/mol. The molecule has 37 heteroatoms. The van der Waals surface area contributed by atoms with E-state index in [4.69, 9.17) is 11.5 Å². The molecule has 125 heavy (non-hydrogen) atoms. The van der Waals surface area contributed by atoms with E-state index in [-0.39, 0.29) is 75.3 Å². The minimum atomic E-state index is -1.98. The van der Waals surface area contributed by atoms with E-state index >= 15 is 19.2 Å². The number of amides is 12. The molecule has 4 unspecified atom stereocenters. The second-order valence-electron chi connectivity index (χ2n) is 33.3. The van der Waals surface area contributed by atoms with Crippen LogP contribution in [0.1, 0.15) is 196 Å². The van der Waals surface area contributed by atoms with Crippen LogP contribution in [0.4, 0.5) is 8.78 Å². The lowest BCUT2D eigenvalue weighted by molar-refractivity contribution is -0.140. The van der Waals surface area contributed by atoms with Gasteiger partial charge in [-0.3, -0.25) is 81.5 Å². The Labute approximate surface area is 725 Å². The molecule has 1 aliphatic rings. The van der Waals surface area contributed by atoms with E-state index in [1.54, 1.807) is 44.3 Å². The number of fused-ring (bicyclic) bond motifs is 1. The Kier molecular flexibility index (Phi) is 41.0. The van der Waals surface area contributed by atoms with E-state index in [1.165, 1.54) is 99.6 Å². The third-order valence-corrected chi connectivity index (χ3v) is 21.8. The summed E-state index contributed by atoms with van der Waals surface area (Å²) in [5.74, 6) is -22.9. The maximum Gasteiger partial charge on any atom is 0.303 e. The predicted octanol–water partition coefficient (Wildman–Crippen LogP) is 2.71. The van der Waals surface area contributed by atoms with Crippen molar-refractivity contribution < 1.29 is 105 Å². The quantitative estimate of drug-likeness (QED) is 0.0241. The number of aliphatic carboxylic acids is 1. The SMILES string of the molecule is CC(=O)C[C@@H](Cc1ccc(F)c(F)c1)C(=O)N[C@]1(C)CCCCCC/C=C/CCC[C@@](C)(C(=O)NC(C)C(=O)N[C@@H](C)C(=O)NC(C)C(=O)N[C@@H](C)C(=O)C(=O)[C@H](C)NC[C@H](C)C(N)=O)NC(=O)[C@H](CC(C)C)CN[C@@H](CCC(N)=O)C(=O)C(=O)C(C)NC(=O)[C@H](Cc2c[nH]c3ccccc23)NC(=O)C(Cc2ccc(O)cc2)NC(=O)[C@H](CCC(=O)O)NC1=O. The Hall–Kier alpha value is -12.0. The van der Waals surface area contributed by atoms with Gasteiger partial charge in [-0.25, -0.2) is 8.78 Å². The molecule has 0 spiro atoms. The number of Topliss-reactive ketones (excluding diaryl/α,β-unsaturated/α-hetero) is 5. The summed E-state index contributed by atoms with van der Waals surface area (Å²) in [4.78, 5) is 253. The van der Waals surface area contributed by atoms with Crippen LogP contribution in [0.15, 0.2) is 85.1 Å². The second-order valence-corrected chi connectivity index (χ2v) is 33.3. The van der Waals surface area contributed by atoms with Crippen molar-refractivity contribution in [2.24, 2.45) is 35.1 Å². The van der Waals surface area contributed by atoms with E-state index in [0.717, 1.165) is 12.1 Å². The number of nitrogens with one attached hydrogen (secondary N) is 13. The van der Waals surface area contributed by atoms with Crippen LogP contribution < -0.4 is 75.3 Å². The first-order valence-corrected chi connectivity index (χ1v) is 42.1. The predicted molar refractivity (Wildman–Crippen MR) is 456 cm³/mol. The molecule has 5 rings (SSSR count). The van der Waals surface area contributed by atoms with Crippen LogP contribution in [0.2, 0.25) is 0 Å². The molecule has 0 saturated heterocycles. The van der Waals surface area contributed by atoms with Gasteiger partial charge in [-0.1, -0.05) is 88.6 Å². The number of aromatic amines is 1. The standard InChI is InChI=1S/C88H123F2N15O20/c1-47(2)38-60-46-95-66(32-34-70(91)108)75(114)74(113)52(7)97-83(122)69(43-59-45-94-65-25-21-20-24-62(59)65)102-84(123)68(42-56-26-29-61(107)30-27-56)101-82(121)67(33-35-71(109)110)103-86(125)88(12,104-80(119)58(39-49(4)106)40-57-28-31-63(89)64(90)41-57)37-23-19-17-15-13-14-16-18-22-36-87(11,105-81(60)120)85(124)100-55(10)79(118)99-54(9)78(117)98-53(8)77(116)96-51(6)73(112)72(111)50(5)93-44-48(3)76(92)115/h14,16,20-21,24-31,41,45,47-48,50-55,58,60,66-69,93-95,107H,13,15,17-19,22-23,32-40,42-44,46H2,1-12H3,(H2,91,108)(H2,92,115)(H,96,116)(H,97,122)(H,98,117)(H,99,118)(H,100,124)(H,101,121)(H,102,123)(H,103,125)(H,104,119)(H,105,120)(H,109,110)/b16-14+/t48-,50-,51-,52?,53?,54-,55?,58-,60+,66-,67-,68?,69-,87-,88+/m0/s1. The summed E-state index contributed by atoms with van der Waals surface area (Å²) >= 11 is 0. The van der Waals surface area contributed by atoms with Crippen LogP contribution in [0, 0.1) is 35.3 Å². The summed E-state index contributed by atoms with van der Waals surface area (Å²) in [5, 5.41) is 52.6. The number of hydrogen-bond acceptors (Lipinski definition) is 21. The van der Waals surface area contributed by atoms with Crippen molar-refractivity contribution in [2.45, 2.75) is 270 Å². The van der Waals surface area contributed by atoms with Crippen LogP contribution in [0.5, 0.6) is 5.75 Å². The normalized spacial score (nSPS) is 22.4. The number of aromatic hydroxyl groups is 1. The molecule has 2 heterocycles. The number of carboxylic acids is 1. The molecule has 12 amide bonds. The van der Waals surface area contributed by atoms with Gasteiger partial charge in [0.25, 0.3) is 0 Å². The minimum Gasteiger partial charge on any atom is -0.508 e. The van der Waals surface area contributed by atoms with Crippen molar-refractivity contribution in [2.75, 3.05) is 13.1 Å². The number of ketones is 5. The molecule has 0 saturated carbocycles. The summed E-state index contributed by atoms with van der Waals surface area (Å²) in [6.07, 6.45) is 4.28. The Morgan fingerprint density at radius 3 is 1.74 bits per heavy atom. The fraction of sp³-hybridized carbons (Fsp3) is 0.545. The molecule has 35 nitrogen and oxygen atoms in total. The van der Waals surface area contributed by atoms with Crippen LogP contribution in [-0.2, 0) is 106 Å². The molecule has 1 aliphatic heterocycles. The van der Waals surface area contributed by atoms with Gasteiger partial charge in [-0.15, -0.1) is 0 Å². The number of nitrogens with two attached hydrogens (primary N) is 2. The van der Waals surface area contributed by atoms with E-state index in [2.05, 4.69) is 68.8 Å². The zero-order valence-corrected chi connectivity index (χ0v) is 73.0. The lowest BCUT2D eigenvalue weighted by Crippen LogP contribution is -2.62. The van der Waals surface area contributed by atoms with Crippen molar-refractivity contribution in [3.63, 3.8) is 0 Å². The van der Waals surface area contributed by atoms with Crippen LogP contribution >= 0.6 is 0 Å². The lowest BCUT2D eigenvalue weighted by atomic mass is 9.88. The Morgan fingerprint density at radius 1 is 0.584 bits per heavy atom. The molecule has 15 atom stereocenters. The summed E-state index contributed by atoms with van der Waals surface area (Å²) in [6.45, 7) is 16.5. The number of primary amides is 2. The van der Waals surface area contributed by atoms with Gasteiger partial charge in [0.05, 0.1) is 30.1 Å². The van der Waals surface area contributed by atoms with Gasteiger partial charge in [0, 0.05) is 74.1 Å². The van der Waals surface area contributed by atoms with Gasteiger partial charge >= 0.3 is 5.97 Å². The van der Waals surface area contributed by atoms with E-state index in [0.29, 0.717) is 54.1 Å². The van der Waals surface area contributed by atoms with Gasteiger partial charge in [0.2, 0.25) is 94.0 Å². The molecule has 0 fully saturated rings. The summed E-state index contributed by atoms with van der Waals surface area (Å²) in [6, 6.07) is 0.376. The maximum absolute atomic E-state index is 15.2. The first-order chi connectivity index (χ1) is 58.7. The lowest BCUT2D eigenvalue weighted by Gasteiger charge is -2.33. The molecule has 0 bridgehead atoms. The van der Waals surface area contributed by atoms with Crippen molar-refractivity contribution in [3.05, 3.63) is 113 Å². The minimum absolute atomic E-state index is 0.0000585. The maximum atomic E-state index is 15.2. The Morgan fingerprint density at radius 2 is 1.14 bits per heavy atom. The number of hydrogen-bond donors (Lipinski definition) is 17. The highest BCUT2D eigenvalue weighted by Crippen LogP contribution is 2.26. The van der Waals surface area contributed by atoms with Crippen molar-refractivity contribution in [1.82, 2.24) is 68.8 Å². The fourth-order valence-electron chi connectivity index (χ4n) is 14.0. The average molecular weight is 1750 g/mol. The van der Waals surface area contributed by atoms with E-state index < -0.39 is 245 Å². The summed E-state index contributed by atoms with van der Waals surface area (Å²) < 4.78 is 28.8. The second kappa shape index (κ2) is 49.5. The summed E-state index contributed by atoms with van der Waals surface area (Å²) in [5.41, 5.74) is 8.59. The van der Waals surface area contributed by atoms with E-state index in [9.17, 15) is 86.1 Å². The van der Waals surface area contributed by atoms with E-state index in [1.807, 2.05) is 12.2 Å². The van der Waals surface area contributed by atoms with Gasteiger partial charge in [0.15, 0.2) is 11.6 Å². The smallest absolute Gasteiger partial charge is 0.303 e. The van der Waals surface area contributed by atoms with Crippen molar-refractivity contribution in [3.8, 4) is 5.75 Å². The van der Waals surface area contributed by atoms with Crippen molar-refractivity contribution in [1.29, 1.82) is 0 Å². The Bertz CT molecular complexity index is 4580. The summed E-state index contributed by atoms with van der Waals surface area (Å²) in [7, 11) is 0. The first kappa shape index (κ1) is 104. The molecule has 3 aromatic carbocycles. The molecule has 19 N–H and O–H groups in total. The highest BCUT2D eigenvalue weighted by Gasteiger charge is 2.43. The number of H-pyrrole nitrogens is 1. The molecular formula is C88H123F2N15O20. The van der Waals surface area contributed by atoms with Gasteiger partial charge < -0.3 is 95.3 Å². The largest absolute Gasteiger partial charge is 0.508 e. The molecule has 684 valence electrons. The van der Waals surface area contributed by atoms with Gasteiger partial charge in [-0.05, 0) is 179 Å². The fourth-order valence-corrected chi connectivity index (χ4v) is 14.0. The van der Waals surface area contributed by atoms with Gasteiger partial charge in [-0.2, -0.15) is 0 Å². The zero-order chi connectivity index (χ0) is 93.3. The number of rotatable bonds is 33. The number of phenolic OH excluding ortho intramolecular Hbond substituents is 1. The molecule has 4 aromatic rings. The average Bonchev–Trinajstić information content (AvgIpc) is 1.80. The molecule has 1 aromatic heterocycles. The van der Waals surface area contributed by atoms with Gasteiger partial charge in [0.1, 0.15) is 58.9 Å². The number of carboxylic acid groups (broad SMARTS) is 1. The third-order valence-electron chi connectivity index (χ3n) is 21.8. The topological polar surface area (TPSA) is 560 Å². The van der Waals surface area contributed by atoms with Crippen LogP contribution in [0.25, 0.3) is 10.9 Å². The first-order valence-electron chi connectivity index (χ1n) is 42.1. The van der Waals surface area contributed by atoms with Crippen LogP contribution in [-0.4, -0.2) is 206 Å². The number of para-hydroxylation sites is 1. The van der Waals surface area contributed by atoms with Crippen LogP contribution in [0.3, 0.4) is 0 Å². The number of halogens is 2. The zero-order valence-electron chi connectivity index (χ0n) is 73.0. The third kappa shape index (κ3) is 33.5. The number of carbonyl (C=O) groups excluding carboxylic acids is 17. The Balaban J connectivity index is 1.53. The molecule has 0 radical (unpaired) electrons.